The SMILES string of the molecule is CC.CCC1(C)CCCNC1.CN. The van der Waals surface area contributed by atoms with Gasteiger partial charge in [-0.1, -0.05) is 27.7 Å². The van der Waals surface area contributed by atoms with E-state index in [2.05, 4.69) is 24.9 Å². The number of hydrogen-bond acceptors (Lipinski definition) is 2. The molecule has 1 atom stereocenters. The maximum absolute atomic E-state index is 4.50. The van der Waals surface area contributed by atoms with Crippen LogP contribution in [-0.4, -0.2) is 20.1 Å². The fourth-order valence-corrected chi connectivity index (χ4v) is 1.42. The predicted octanol–water partition coefficient (Wildman–Crippen LogP) is 2.39. The standard InChI is InChI=1S/C8H17N.C2H6.CH5N/c1-3-8(2)5-4-6-9-7-8;2*1-2/h9H,3-7H2,1-2H3;1-2H3;2H2,1H3. The summed E-state index contributed by atoms with van der Waals surface area (Å²) < 4.78 is 0. The molecule has 0 aliphatic carbocycles. The Morgan fingerprint density at radius 3 is 2.08 bits per heavy atom. The fourth-order valence-electron chi connectivity index (χ4n) is 1.42. The van der Waals surface area contributed by atoms with Crippen molar-refractivity contribution < 1.29 is 0 Å². The molecule has 0 amide bonds. The third-order valence-corrected chi connectivity index (χ3v) is 2.54. The summed E-state index contributed by atoms with van der Waals surface area (Å²) in [6.07, 6.45) is 4.10. The molecule has 1 saturated heterocycles. The van der Waals surface area contributed by atoms with Crippen LogP contribution in [0.25, 0.3) is 0 Å². The highest BCUT2D eigenvalue weighted by atomic mass is 14.9. The van der Waals surface area contributed by atoms with E-state index in [1.165, 1.54) is 39.4 Å². The molecule has 1 unspecified atom stereocenters. The lowest BCUT2D eigenvalue weighted by Gasteiger charge is -2.32. The molecule has 1 heterocycles. The molecule has 1 rings (SSSR count). The summed E-state index contributed by atoms with van der Waals surface area (Å²) in [5.41, 5.74) is 5.11. The first-order chi connectivity index (χ1) is 6.27. The van der Waals surface area contributed by atoms with Gasteiger partial charge in [-0.15, -0.1) is 0 Å². The van der Waals surface area contributed by atoms with Crippen molar-refractivity contribution in [1.82, 2.24) is 5.32 Å². The van der Waals surface area contributed by atoms with Gasteiger partial charge >= 0.3 is 0 Å². The molecule has 2 heteroatoms. The lowest BCUT2D eigenvalue weighted by Crippen LogP contribution is -2.37. The van der Waals surface area contributed by atoms with Gasteiger partial charge in [0.15, 0.2) is 0 Å². The Bertz CT molecular complexity index is 86.1. The van der Waals surface area contributed by atoms with Crippen LogP contribution >= 0.6 is 0 Å². The highest BCUT2D eigenvalue weighted by molar-refractivity contribution is 4.79. The van der Waals surface area contributed by atoms with E-state index in [9.17, 15) is 0 Å². The Morgan fingerprint density at radius 2 is 1.85 bits per heavy atom. The van der Waals surface area contributed by atoms with Crippen LogP contribution in [0.4, 0.5) is 0 Å². The number of nitrogens with one attached hydrogen (secondary N) is 1. The molecule has 0 saturated carbocycles. The lowest BCUT2D eigenvalue weighted by molar-refractivity contribution is 0.228. The third-order valence-electron chi connectivity index (χ3n) is 2.54. The van der Waals surface area contributed by atoms with Crippen molar-refractivity contribution in [3.8, 4) is 0 Å². The lowest BCUT2D eigenvalue weighted by atomic mass is 9.81. The summed E-state index contributed by atoms with van der Waals surface area (Å²) in [7, 11) is 1.50. The summed E-state index contributed by atoms with van der Waals surface area (Å²) in [5, 5.41) is 3.43. The van der Waals surface area contributed by atoms with Gasteiger partial charge in [-0.3, -0.25) is 0 Å². The van der Waals surface area contributed by atoms with Gasteiger partial charge in [-0.05, 0) is 38.3 Å². The second-order valence-corrected chi connectivity index (χ2v) is 3.44. The van der Waals surface area contributed by atoms with Gasteiger partial charge in [0.05, 0.1) is 0 Å². The first kappa shape index (κ1) is 15.4. The van der Waals surface area contributed by atoms with Crippen molar-refractivity contribution >= 4 is 0 Å². The molecule has 0 bridgehead atoms. The van der Waals surface area contributed by atoms with Gasteiger partial charge in [0.1, 0.15) is 0 Å². The molecule has 0 aromatic rings. The van der Waals surface area contributed by atoms with E-state index in [0.29, 0.717) is 5.41 Å². The maximum Gasteiger partial charge on any atom is 0.000507 e. The molecule has 0 aromatic carbocycles. The normalized spacial score (nSPS) is 26.3. The van der Waals surface area contributed by atoms with E-state index in [1.807, 2.05) is 13.8 Å². The summed E-state index contributed by atoms with van der Waals surface area (Å²) >= 11 is 0. The summed E-state index contributed by atoms with van der Waals surface area (Å²) in [4.78, 5) is 0. The van der Waals surface area contributed by atoms with E-state index >= 15 is 0 Å². The Hall–Kier alpha value is -0.0800. The van der Waals surface area contributed by atoms with Crippen molar-refractivity contribution in [1.29, 1.82) is 0 Å². The highest BCUT2D eigenvalue weighted by Gasteiger charge is 2.23. The quantitative estimate of drug-likeness (QED) is 0.663. The molecular weight excluding hydrogens is 160 g/mol. The zero-order valence-electron chi connectivity index (χ0n) is 10.1. The zero-order chi connectivity index (χ0) is 10.7. The molecule has 0 aromatic heterocycles. The van der Waals surface area contributed by atoms with E-state index in [0.717, 1.165) is 0 Å². The van der Waals surface area contributed by atoms with Gasteiger partial charge in [0.25, 0.3) is 0 Å². The van der Waals surface area contributed by atoms with Crippen LogP contribution in [0.3, 0.4) is 0 Å². The topological polar surface area (TPSA) is 38.0 Å². The molecule has 1 fully saturated rings. The molecule has 1 aliphatic heterocycles. The smallest absolute Gasteiger partial charge is 0.000507 e. The molecule has 0 spiro atoms. The van der Waals surface area contributed by atoms with Gasteiger partial charge in [-0.25, -0.2) is 0 Å². The number of piperidine rings is 1. The highest BCUT2D eigenvalue weighted by Crippen LogP contribution is 2.28. The largest absolute Gasteiger partial charge is 0.333 e. The Labute approximate surface area is 84.3 Å². The van der Waals surface area contributed by atoms with Crippen molar-refractivity contribution in [2.45, 2.75) is 47.0 Å². The van der Waals surface area contributed by atoms with E-state index in [-0.39, 0.29) is 0 Å². The number of nitrogens with two attached hydrogens (primary N) is 1. The Morgan fingerprint density at radius 1 is 1.31 bits per heavy atom. The van der Waals surface area contributed by atoms with Crippen molar-refractivity contribution in [2.75, 3.05) is 20.1 Å². The Balaban J connectivity index is 0. The Kier molecular flexibility index (Phi) is 11.8. The minimum Gasteiger partial charge on any atom is -0.333 e. The van der Waals surface area contributed by atoms with E-state index < -0.39 is 0 Å². The maximum atomic E-state index is 4.50. The summed E-state index contributed by atoms with van der Waals surface area (Å²) in [6, 6.07) is 0. The molecule has 0 radical (unpaired) electrons. The van der Waals surface area contributed by atoms with Gasteiger partial charge in [-0.2, -0.15) is 0 Å². The van der Waals surface area contributed by atoms with Gasteiger partial charge < -0.3 is 11.1 Å². The molecule has 2 nitrogen and oxygen atoms in total. The van der Waals surface area contributed by atoms with Crippen molar-refractivity contribution in [3.63, 3.8) is 0 Å². The second-order valence-electron chi connectivity index (χ2n) is 3.44. The van der Waals surface area contributed by atoms with Crippen LogP contribution in [0.15, 0.2) is 0 Å². The van der Waals surface area contributed by atoms with Crippen LogP contribution < -0.4 is 11.1 Å². The van der Waals surface area contributed by atoms with Crippen LogP contribution in [0.5, 0.6) is 0 Å². The molecular formula is C11H28N2. The predicted molar refractivity (Wildman–Crippen MR) is 62.0 cm³/mol. The molecule has 1 aliphatic rings. The fraction of sp³-hybridized carbons (Fsp3) is 1.00. The monoisotopic (exact) mass is 188 g/mol. The van der Waals surface area contributed by atoms with E-state index in [1.54, 1.807) is 0 Å². The number of rotatable bonds is 1. The molecule has 3 N–H and O–H groups in total. The van der Waals surface area contributed by atoms with Crippen molar-refractivity contribution in [2.24, 2.45) is 11.1 Å². The summed E-state index contributed by atoms with van der Waals surface area (Å²) in [5.74, 6) is 0. The second kappa shape index (κ2) is 10.0. The van der Waals surface area contributed by atoms with Crippen molar-refractivity contribution in [3.05, 3.63) is 0 Å². The minimum atomic E-state index is 0.609. The first-order valence-corrected chi connectivity index (χ1v) is 5.55. The number of hydrogen-bond donors (Lipinski definition) is 2. The molecule has 82 valence electrons. The zero-order valence-corrected chi connectivity index (χ0v) is 10.1. The van der Waals surface area contributed by atoms with Crippen LogP contribution in [0, 0.1) is 5.41 Å². The summed E-state index contributed by atoms with van der Waals surface area (Å²) in [6.45, 7) is 11.1. The minimum absolute atomic E-state index is 0.609. The first-order valence-electron chi connectivity index (χ1n) is 5.55. The van der Waals surface area contributed by atoms with Gasteiger partial charge in [0.2, 0.25) is 0 Å². The third kappa shape index (κ3) is 7.03. The van der Waals surface area contributed by atoms with Gasteiger partial charge in [0, 0.05) is 6.54 Å². The van der Waals surface area contributed by atoms with Crippen LogP contribution in [0.1, 0.15) is 47.0 Å². The molecule has 13 heavy (non-hydrogen) atoms. The van der Waals surface area contributed by atoms with Crippen LogP contribution in [0.2, 0.25) is 0 Å². The average molecular weight is 188 g/mol. The average Bonchev–Trinajstić information content (AvgIpc) is 2.25. The van der Waals surface area contributed by atoms with E-state index in [4.69, 9.17) is 0 Å². The van der Waals surface area contributed by atoms with Crippen LogP contribution in [-0.2, 0) is 0 Å².